The predicted molar refractivity (Wildman–Crippen MR) is 87.7 cm³/mol. The third kappa shape index (κ3) is 4.05. The number of aliphatic carboxylic acids is 1. The van der Waals surface area contributed by atoms with Gasteiger partial charge in [-0.15, -0.1) is 0 Å². The van der Waals surface area contributed by atoms with Gasteiger partial charge in [0.2, 0.25) is 0 Å². The van der Waals surface area contributed by atoms with Crippen LogP contribution < -0.4 is 4.72 Å². The minimum absolute atomic E-state index is 0.541. The number of carboxylic acid groups (broad SMARTS) is 1. The minimum atomic E-state index is -1.47. The fourth-order valence-electron chi connectivity index (χ4n) is 1.74. The van der Waals surface area contributed by atoms with Crippen LogP contribution in [0, 0.1) is 0 Å². The smallest absolute Gasteiger partial charge is 0.325 e. The number of para-hydroxylation sites is 1. The predicted octanol–water partition coefficient (Wildman–Crippen LogP) is 2.95. The molecule has 0 unspecified atom stereocenters. The van der Waals surface area contributed by atoms with E-state index >= 15 is 0 Å². The summed E-state index contributed by atoms with van der Waals surface area (Å²) in [5.41, 5.74) is 0.736. The molecule has 0 spiro atoms. The molecule has 118 valence electrons. The second-order valence-electron chi connectivity index (χ2n) is 5.86. The molecule has 2 rings (SSSR count). The van der Waals surface area contributed by atoms with Crippen molar-refractivity contribution in [1.82, 2.24) is 4.72 Å². The zero-order valence-corrected chi connectivity index (χ0v) is 13.5. The first kappa shape index (κ1) is 16.5. The molecule has 6 heteroatoms. The Kier molecular flexibility index (Phi) is 4.83. The SMILES string of the molecule is CC(C)(C)[S@@](=O)N[C@H](/C=C/c1cc2ccccc2o1)C(=O)O. The van der Waals surface area contributed by atoms with E-state index < -0.39 is 27.7 Å². The van der Waals surface area contributed by atoms with E-state index in [2.05, 4.69) is 4.72 Å². The Labute approximate surface area is 131 Å². The number of hydrogen-bond donors (Lipinski definition) is 2. The molecule has 0 aliphatic heterocycles. The molecule has 0 bridgehead atoms. The third-order valence-electron chi connectivity index (χ3n) is 2.95. The highest BCUT2D eigenvalue weighted by Gasteiger charge is 2.24. The first-order chi connectivity index (χ1) is 10.3. The number of furan rings is 1. The first-order valence-corrected chi connectivity index (χ1v) is 8.00. The molecule has 0 aliphatic rings. The van der Waals surface area contributed by atoms with Gasteiger partial charge in [0.05, 0.1) is 15.7 Å². The van der Waals surface area contributed by atoms with Gasteiger partial charge in [0.1, 0.15) is 17.4 Å². The number of benzene rings is 1. The van der Waals surface area contributed by atoms with Crippen molar-refractivity contribution >= 4 is 34.0 Å². The Morgan fingerprint density at radius 3 is 2.64 bits per heavy atom. The maximum absolute atomic E-state index is 12.0. The molecule has 0 saturated carbocycles. The van der Waals surface area contributed by atoms with Crippen LogP contribution in [0.1, 0.15) is 26.5 Å². The highest BCUT2D eigenvalue weighted by atomic mass is 32.2. The summed E-state index contributed by atoms with van der Waals surface area (Å²) >= 11 is 0. The van der Waals surface area contributed by atoms with Crippen molar-refractivity contribution in [2.45, 2.75) is 31.6 Å². The number of hydrogen-bond acceptors (Lipinski definition) is 3. The lowest BCUT2D eigenvalue weighted by Gasteiger charge is -2.20. The fraction of sp³-hybridized carbons (Fsp3) is 0.312. The maximum atomic E-state index is 12.0. The Morgan fingerprint density at radius 2 is 2.05 bits per heavy atom. The van der Waals surface area contributed by atoms with Gasteiger partial charge >= 0.3 is 5.97 Å². The van der Waals surface area contributed by atoms with Crippen LogP contribution >= 0.6 is 0 Å². The van der Waals surface area contributed by atoms with Crippen LogP contribution in [0.15, 0.2) is 40.8 Å². The van der Waals surface area contributed by atoms with Crippen molar-refractivity contribution in [3.8, 4) is 0 Å². The fourth-order valence-corrected chi connectivity index (χ4v) is 2.50. The summed E-state index contributed by atoms with van der Waals surface area (Å²) in [5, 5.41) is 10.2. The second-order valence-corrected chi connectivity index (χ2v) is 7.86. The van der Waals surface area contributed by atoms with Gasteiger partial charge in [0.25, 0.3) is 0 Å². The summed E-state index contributed by atoms with van der Waals surface area (Å²) in [6.07, 6.45) is 3.01. The Morgan fingerprint density at radius 1 is 1.36 bits per heavy atom. The maximum Gasteiger partial charge on any atom is 0.325 e. The van der Waals surface area contributed by atoms with Crippen molar-refractivity contribution < 1.29 is 18.5 Å². The lowest BCUT2D eigenvalue weighted by atomic mass is 10.2. The Balaban J connectivity index is 2.16. The van der Waals surface area contributed by atoms with Gasteiger partial charge in [0.15, 0.2) is 0 Å². The standard InChI is InChI=1S/C16H19NO4S/c1-16(2,3)22(20)17-13(15(18)19)9-8-12-10-11-6-4-5-7-14(11)21-12/h4-10,13,17H,1-3H3,(H,18,19)/b9-8+/t13-,22-/m1/s1. The van der Waals surface area contributed by atoms with Crippen molar-refractivity contribution in [2.75, 3.05) is 0 Å². The van der Waals surface area contributed by atoms with E-state index in [4.69, 9.17) is 4.42 Å². The highest BCUT2D eigenvalue weighted by Crippen LogP contribution is 2.20. The molecule has 2 aromatic rings. The van der Waals surface area contributed by atoms with Crippen LogP contribution in [0.4, 0.5) is 0 Å². The van der Waals surface area contributed by atoms with Crippen LogP contribution in [0.5, 0.6) is 0 Å². The van der Waals surface area contributed by atoms with Gasteiger partial charge in [-0.2, -0.15) is 0 Å². The van der Waals surface area contributed by atoms with E-state index in [0.29, 0.717) is 5.76 Å². The number of fused-ring (bicyclic) bond motifs is 1. The molecule has 0 saturated heterocycles. The average molecular weight is 321 g/mol. The molecule has 22 heavy (non-hydrogen) atoms. The van der Waals surface area contributed by atoms with E-state index in [9.17, 15) is 14.1 Å². The lowest BCUT2D eigenvalue weighted by molar-refractivity contribution is -0.137. The summed E-state index contributed by atoms with van der Waals surface area (Å²) in [5.74, 6) is -0.541. The molecular formula is C16H19NO4S. The molecule has 1 aromatic heterocycles. The zero-order chi connectivity index (χ0) is 16.3. The quantitative estimate of drug-likeness (QED) is 0.887. The van der Waals surface area contributed by atoms with Crippen LogP contribution in [0.25, 0.3) is 17.0 Å². The second kappa shape index (κ2) is 6.46. The highest BCUT2D eigenvalue weighted by molar-refractivity contribution is 7.84. The molecule has 0 radical (unpaired) electrons. The molecule has 1 aromatic carbocycles. The summed E-state index contributed by atoms with van der Waals surface area (Å²) in [6, 6.07) is 8.30. The Hall–Kier alpha value is -1.92. The minimum Gasteiger partial charge on any atom is -0.480 e. The molecular weight excluding hydrogens is 302 g/mol. The van der Waals surface area contributed by atoms with E-state index in [0.717, 1.165) is 11.0 Å². The molecule has 0 aliphatic carbocycles. The van der Waals surface area contributed by atoms with E-state index in [1.54, 1.807) is 26.8 Å². The van der Waals surface area contributed by atoms with Gasteiger partial charge < -0.3 is 9.52 Å². The largest absolute Gasteiger partial charge is 0.480 e. The zero-order valence-electron chi connectivity index (χ0n) is 12.7. The molecule has 1 heterocycles. The molecule has 2 N–H and O–H groups in total. The molecule has 0 fully saturated rings. The first-order valence-electron chi connectivity index (χ1n) is 6.85. The van der Waals surface area contributed by atoms with Crippen molar-refractivity contribution in [1.29, 1.82) is 0 Å². The van der Waals surface area contributed by atoms with Crippen molar-refractivity contribution in [3.63, 3.8) is 0 Å². The molecule has 2 atom stereocenters. The average Bonchev–Trinajstić information content (AvgIpc) is 2.84. The number of carbonyl (C=O) groups is 1. The van der Waals surface area contributed by atoms with Crippen LogP contribution in [0.3, 0.4) is 0 Å². The van der Waals surface area contributed by atoms with E-state index in [1.165, 1.54) is 6.08 Å². The lowest BCUT2D eigenvalue weighted by Crippen LogP contribution is -2.42. The summed E-state index contributed by atoms with van der Waals surface area (Å²) in [6.45, 7) is 5.33. The van der Waals surface area contributed by atoms with Crippen LogP contribution in [-0.2, 0) is 15.8 Å². The normalized spacial score (nSPS) is 15.2. The monoisotopic (exact) mass is 321 g/mol. The summed E-state index contributed by atoms with van der Waals surface area (Å²) in [4.78, 5) is 11.3. The van der Waals surface area contributed by atoms with E-state index in [1.807, 2.05) is 30.3 Å². The molecule has 0 amide bonds. The summed E-state index contributed by atoms with van der Waals surface area (Å²) in [7, 11) is -1.47. The third-order valence-corrected chi connectivity index (χ3v) is 4.53. The van der Waals surface area contributed by atoms with Gasteiger partial charge in [-0.3, -0.25) is 4.79 Å². The Bertz CT molecular complexity index is 694. The van der Waals surface area contributed by atoms with Crippen LogP contribution in [-0.4, -0.2) is 26.1 Å². The van der Waals surface area contributed by atoms with Gasteiger partial charge in [0, 0.05) is 5.39 Å². The van der Waals surface area contributed by atoms with Gasteiger partial charge in [-0.25, -0.2) is 8.93 Å². The van der Waals surface area contributed by atoms with Gasteiger partial charge in [-0.05, 0) is 39.0 Å². The number of carboxylic acids is 1. The van der Waals surface area contributed by atoms with E-state index in [-0.39, 0.29) is 0 Å². The molecule has 5 nitrogen and oxygen atoms in total. The van der Waals surface area contributed by atoms with Crippen LogP contribution in [0.2, 0.25) is 0 Å². The summed E-state index contributed by atoms with van der Waals surface area (Å²) < 4.78 is 19.7. The van der Waals surface area contributed by atoms with Crippen molar-refractivity contribution in [2.24, 2.45) is 0 Å². The topological polar surface area (TPSA) is 79.5 Å². The number of nitrogens with one attached hydrogen (secondary N) is 1. The van der Waals surface area contributed by atoms with Gasteiger partial charge in [-0.1, -0.05) is 24.3 Å². The van der Waals surface area contributed by atoms with Crippen molar-refractivity contribution in [3.05, 3.63) is 42.2 Å². The number of rotatable bonds is 5.